The van der Waals surface area contributed by atoms with Crippen LogP contribution < -0.4 is 5.73 Å². The Bertz CT molecular complexity index is 536. The maximum atomic E-state index is 12.0. The van der Waals surface area contributed by atoms with Crippen molar-refractivity contribution >= 4 is 17.4 Å². The highest BCUT2D eigenvalue weighted by molar-refractivity contribution is 8.00. The molecule has 1 heterocycles. The molecule has 1 aromatic heterocycles. The lowest BCUT2D eigenvalue weighted by atomic mass is 10.2. The molecular formula is C11H11F3N4S. The molecule has 0 aliphatic carbocycles. The van der Waals surface area contributed by atoms with Crippen LogP contribution in [-0.2, 0) is 6.54 Å². The minimum atomic E-state index is -4.21. The van der Waals surface area contributed by atoms with Crippen molar-refractivity contribution < 1.29 is 13.2 Å². The highest BCUT2D eigenvalue weighted by atomic mass is 32.2. The summed E-state index contributed by atoms with van der Waals surface area (Å²) >= 11 is -0.0697. The van der Waals surface area contributed by atoms with Gasteiger partial charge in [-0.25, -0.2) is 4.98 Å². The minimum Gasteiger partial charge on any atom is -0.399 e. The lowest BCUT2D eigenvalue weighted by Gasteiger charge is -2.04. The van der Waals surface area contributed by atoms with Crippen LogP contribution in [-0.4, -0.2) is 26.0 Å². The SMILES string of the molecule is Nc1ccc(-c2ncn(CCSC(F)(F)F)n2)cc1. The smallest absolute Gasteiger partial charge is 0.399 e. The van der Waals surface area contributed by atoms with Gasteiger partial charge in [-0.05, 0) is 36.0 Å². The molecule has 2 rings (SSSR count). The van der Waals surface area contributed by atoms with Gasteiger partial charge in [0.05, 0.1) is 6.54 Å². The van der Waals surface area contributed by atoms with Gasteiger partial charge in [-0.15, -0.1) is 0 Å². The van der Waals surface area contributed by atoms with Crippen LogP contribution in [0.15, 0.2) is 30.6 Å². The molecule has 0 atom stereocenters. The molecule has 0 fully saturated rings. The summed E-state index contributed by atoms with van der Waals surface area (Å²) in [6.45, 7) is 0.159. The second-order valence-corrected chi connectivity index (χ2v) is 4.91. The number of hydrogen-bond acceptors (Lipinski definition) is 4. The van der Waals surface area contributed by atoms with Crippen molar-refractivity contribution in [2.75, 3.05) is 11.5 Å². The van der Waals surface area contributed by atoms with Crippen LogP contribution in [0, 0.1) is 0 Å². The van der Waals surface area contributed by atoms with Crippen LogP contribution in [0.25, 0.3) is 11.4 Å². The number of aryl methyl sites for hydroxylation is 1. The van der Waals surface area contributed by atoms with Gasteiger partial charge in [-0.3, -0.25) is 4.68 Å². The Balaban J connectivity index is 1.97. The third-order valence-electron chi connectivity index (χ3n) is 2.29. The summed E-state index contributed by atoms with van der Waals surface area (Å²) in [5.74, 6) is 0.380. The predicted octanol–water partition coefficient (Wildman–Crippen LogP) is 2.78. The largest absolute Gasteiger partial charge is 0.441 e. The number of alkyl halides is 3. The van der Waals surface area contributed by atoms with Gasteiger partial charge < -0.3 is 5.73 Å². The topological polar surface area (TPSA) is 56.7 Å². The number of nitrogens with two attached hydrogens (primary N) is 1. The molecule has 2 N–H and O–H groups in total. The predicted molar refractivity (Wildman–Crippen MR) is 68.4 cm³/mol. The van der Waals surface area contributed by atoms with E-state index in [4.69, 9.17) is 5.73 Å². The van der Waals surface area contributed by atoms with E-state index in [1.54, 1.807) is 24.3 Å². The van der Waals surface area contributed by atoms with Gasteiger partial charge in [0.2, 0.25) is 0 Å². The molecule has 0 bridgehead atoms. The number of aromatic nitrogens is 3. The molecule has 0 amide bonds. The highest BCUT2D eigenvalue weighted by Crippen LogP contribution is 2.29. The Labute approximate surface area is 111 Å². The molecule has 0 saturated heterocycles. The van der Waals surface area contributed by atoms with Gasteiger partial charge in [0.25, 0.3) is 0 Å². The lowest BCUT2D eigenvalue weighted by Crippen LogP contribution is -2.07. The number of thioether (sulfide) groups is 1. The lowest BCUT2D eigenvalue weighted by molar-refractivity contribution is -0.0328. The Morgan fingerprint density at radius 3 is 2.53 bits per heavy atom. The molecule has 0 unspecified atom stereocenters. The second kappa shape index (κ2) is 5.52. The zero-order chi connectivity index (χ0) is 13.9. The first-order chi connectivity index (χ1) is 8.94. The Morgan fingerprint density at radius 1 is 1.21 bits per heavy atom. The average Bonchev–Trinajstić information content (AvgIpc) is 2.77. The molecule has 0 aliphatic heterocycles. The third-order valence-corrected chi connectivity index (χ3v) is 3.01. The fourth-order valence-electron chi connectivity index (χ4n) is 1.42. The summed E-state index contributed by atoms with van der Waals surface area (Å²) in [4.78, 5) is 4.05. The van der Waals surface area contributed by atoms with E-state index in [1.807, 2.05) is 0 Å². The Kier molecular flexibility index (Phi) is 3.98. The molecule has 0 saturated carbocycles. The third kappa shape index (κ3) is 4.16. The molecule has 2 aromatic rings. The van der Waals surface area contributed by atoms with E-state index in [-0.39, 0.29) is 24.1 Å². The molecular weight excluding hydrogens is 277 g/mol. The summed E-state index contributed by atoms with van der Waals surface area (Å²) in [6.07, 6.45) is 1.42. The van der Waals surface area contributed by atoms with Gasteiger partial charge in [0.1, 0.15) is 6.33 Å². The molecule has 102 valence electrons. The molecule has 0 radical (unpaired) electrons. The maximum Gasteiger partial charge on any atom is 0.441 e. The fraction of sp³-hybridized carbons (Fsp3) is 0.273. The van der Waals surface area contributed by atoms with Crippen molar-refractivity contribution in [3.63, 3.8) is 0 Å². The van der Waals surface area contributed by atoms with Crippen LogP contribution in [0.3, 0.4) is 0 Å². The van der Waals surface area contributed by atoms with E-state index in [9.17, 15) is 13.2 Å². The number of halogens is 3. The van der Waals surface area contributed by atoms with E-state index in [2.05, 4.69) is 10.1 Å². The minimum absolute atomic E-state index is 0.0697. The Hall–Kier alpha value is -1.70. The summed E-state index contributed by atoms with van der Waals surface area (Å²) in [5, 5.41) is 4.11. The quantitative estimate of drug-likeness (QED) is 0.879. The molecule has 19 heavy (non-hydrogen) atoms. The van der Waals surface area contributed by atoms with Crippen molar-refractivity contribution in [1.82, 2.24) is 14.8 Å². The number of nitrogen functional groups attached to an aromatic ring is 1. The first-order valence-corrected chi connectivity index (χ1v) is 6.39. The van der Waals surface area contributed by atoms with Crippen molar-refractivity contribution in [2.24, 2.45) is 0 Å². The van der Waals surface area contributed by atoms with Crippen molar-refractivity contribution in [3.05, 3.63) is 30.6 Å². The van der Waals surface area contributed by atoms with Crippen molar-refractivity contribution in [2.45, 2.75) is 12.1 Å². The van der Waals surface area contributed by atoms with Crippen LogP contribution >= 0.6 is 11.8 Å². The van der Waals surface area contributed by atoms with Crippen LogP contribution in [0.4, 0.5) is 18.9 Å². The highest BCUT2D eigenvalue weighted by Gasteiger charge is 2.27. The number of benzene rings is 1. The molecule has 0 spiro atoms. The van der Waals surface area contributed by atoms with E-state index in [0.29, 0.717) is 11.5 Å². The van der Waals surface area contributed by atoms with E-state index >= 15 is 0 Å². The van der Waals surface area contributed by atoms with Gasteiger partial charge >= 0.3 is 5.51 Å². The monoisotopic (exact) mass is 288 g/mol. The second-order valence-electron chi connectivity index (χ2n) is 3.75. The van der Waals surface area contributed by atoms with Crippen molar-refractivity contribution in [3.8, 4) is 11.4 Å². The standard InChI is InChI=1S/C11H11F3N4S/c12-11(13,14)19-6-5-18-7-16-10(17-18)8-1-3-9(15)4-2-8/h1-4,7H,5-6,15H2. The van der Waals surface area contributed by atoms with E-state index in [0.717, 1.165) is 5.56 Å². The Morgan fingerprint density at radius 2 is 1.89 bits per heavy atom. The maximum absolute atomic E-state index is 12.0. The van der Waals surface area contributed by atoms with E-state index in [1.165, 1.54) is 11.0 Å². The number of hydrogen-bond donors (Lipinski definition) is 1. The average molecular weight is 288 g/mol. The van der Waals surface area contributed by atoms with E-state index < -0.39 is 5.51 Å². The molecule has 8 heteroatoms. The van der Waals surface area contributed by atoms with Gasteiger partial charge in [-0.1, -0.05) is 0 Å². The van der Waals surface area contributed by atoms with Gasteiger partial charge in [-0.2, -0.15) is 18.3 Å². The number of rotatable bonds is 4. The number of anilines is 1. The zero-order valence-corrected chi connectivity index (χ0v) is 10.6. The van der Waals surface area contributed by atoms with Gasteiger partial charge in [0.15, 0.2) is 5.82 Å². The van der Waals surface area contributed by atoms with Crippen LogP contribution in [0.5, 0.6) is 0 Å². The number of nitrogens with zero attached hydrogens (tertiary/aromatic N) is 3. The first kappa shape index (κ1) is 13.7. The first-order valence-electron chi connectivity index (χ1n) is 5.40. The summed E-state index contributed by atoms with van der Waals surface area (Å²) in [5.41, 5.74) is 2.76. The molecule has 0 aliphatic rings. The molecule has 1 aromatic carbocycles. The summed E-state index contributed by atoms with van der Waals surface area (Å²) in [6, 6.07) is 6.96. The van der Waals surface area contributed by atoms with Crippen LogP contribution in [0.1, 0.15) is 0 Å². The van der Waals surface area contributed by atoms with Crippen molar-refractivity contribution in [1.29, 1.82) is 0 Å². The fourth-order valence-corrected chi connectivity index (χ4v) is 1.93. The zero-order valence-electron chi connectivity index (χ0n) is 9.76. The summed E-state index contributed by atoms with van der Waals surface area (Å²) in [7, 11) is 0. The summed E-state index contributed by atoms with van der Waals surface area (Å²) < 4.78 is 37.3. The normalized spacial score (nSPS) is 11.7. The van der Waals surface area contributed by atoms with Crippen LogP contribution in [0.2, 0.25) is 0 Å². The molecule has 4 nitrogen and oxygen atoms in total. The van der Waals surface area contributed by atoms with Gasteiger partial charge in [0, 0.05) is 17.0 Å².